The highest BCUT2D eigenvalue weighted by atomic mass is 14.6. The Kier molecular flexibility index (Phi) is 3.85. The number of nitrogens with zero attached hydrogens (tertiary/aromatic N) is 1. The summed E-state index contributed by atoms with van der Waals surface area (Å²) in [6.07, 6.45) is 5.45. The lowest BCUT2D eigenvalue weighted by atomic mass is 10.3. The monoisotopic (exact) mass is 109 g/mol. The second kappa shape index (κ2) is 4.31. The van der Waals surface area contributed by atoms with Crippen molar-refractivity contribution in [2.75, 3.05) is 7.05 Å². The molecule has 0 amide bonds. The van der Waals surface area contributed by atoms with E-state index in [1.807, 2.05) is 13.0 Å². The van der Waals surface area contributed by atoms with Gasteiger partial charge in [0.05, 0.1) is 0 Å². The fourth-order valence-electron chi connectivity index (χ4n) is 0.260. The molecule has 0 aliphatic heterocycles. The molecule has 0 saturated heterocycles. The summed E-state index contributed by atoms with van der Waals surface area (Å²) >= 11 is 0. The van der Waals surface area contributed by atoms with Crippen molar-refractivity contribution >= 4 is 6.21 Å². The third kappa shape index (κ3) is 3.34. The first-order valence-electron chi connectivity index (χ1n) is 2.52. The zero-order chi connectivity index (χ0) is 6.41. The molecule has 0 bridgehead atoms. The van der Waals surface area contributed by atoms with Crippen molar-refractivity contribution in [1.82, 2.24) is 0 Å². The Morgan fingerprint density at radius 2 is 2.25 bits per heavy atom. The third-order valence-electron chi connectivity index (χ3n) is 0.808. The Morgan fingerprint density at radius 1 is 1.62 bits per heavy atom. The van der Waals surface area contributed by atoms with E-state index in [0.717, 1.165) is 5.57 Å². The molecule has 0 aliphatic carbocycles. The van der Waals surface area contributed by atoms with E-state index in [-0.39, 0.29) is 0 Å². The van der Waals surface area contributed by atoms with Crippen molar-refractivity contribution in [2.45, 2.75) is 6.92 Å². The smallest absolute Gasteiger partial charge is 0.0277 e. The van der Waals surface area contributed by atoms with Gasteiger partial charge in [-0.05, 0) is 13.0 Å². The summed E-state index contributed by atoms with van der Waals surface area (Å²) in [6.45, 7) is 5.56. The SMILES string of the molecule is C=C/C(C)=C\C=N\C. The van der Waals surface area contributed by atoms with Crippen LogP contribution in [0.25, 0.3) is 0 Å². The summed E-state index contributed by atoms with van der Waals surface area (Å²) in [4.78, 5) is 3.77. The quantitative estimate of drug-likeness (QED) is 0.379. The summed E-state index contributed by atoms with van der Waals surface area (Å²) in [5.74, 6) is 0. The van der Waals surface area contributed by atoms with E-state index in [1.54, 1.807) is 19.3 Å². The first-order chi connectivity index (χ1) is 3.81. The Morgan fingerprint density at radius 3 is 2.62 bits per heavy atom. The van der Waals surface area contributed by atoms with Crippen molar-refractivity contribution in [3.05, 3.63) is 24.3 Å². The molecule has 0 unspecified atom stereocenters. The topological polar surface area (TPSA) is 12.4 Å². The Bertz CT molecular complexity index is 120. The van der Waals surface area contributed by atoms with Crippen molar-refractivity contribution in [2.24, 2.45) is 4.99 Å². The molecule has 1 heteroatoms. The largest absolute Gasteiger partial charge is 0.297 e. The Labute approximate surface area is 50.4 Å². The summed E-state index contributed by atoms with van der Waals surface area (Å²) < 4.78 is 0. The van der Waals surface area contributed by atoms with Gasteiger partial charge in [0.15, 0.2) is 0 Å². The molecule has 0 fully saturated rings. The zero-order valence-electron chi connectivity index (χ0n) is 5.39. The first-order valence-corrected chi connectivity index (χ1v) is 2.52. The van der Waals surface area contributed by atoms with Crippen LogP contribution in [0, 0.1) is 0 Å². The van der Waals surface area contributed by atoms with Crippen LogP contribution in [0.3, 0.4) is 0 Å². The van der Waals surface area contributed by atoms with Crippen LogP contribution in [-0.2, 0) is 0 Å². The minimum atomic E-state index is 1.13. The van der Waals surface area contributed by atoms with Gasteiger partial charge in [0.2, 0.25) is 0 Å². The molecule has 1 nitrogen and oxygen atoms in total. The van der Waals surface area contributed by atoms with Gasteiger partial charge in [-0.3, -0.25) is 4.99 Å². The van der Waals surface area contributed by atoms with Gasteiger partial charge in [0.1, 0.15) is 0 Å². The van der Waals surface area contributed by atoms with E-state index in [0.29, 0.717) is 0 Å². The molecule has 0 radical (unpaired) electrons. The highest BCUT2D eigenvalue weighted by Gasteiger charge is 1.70. The van der Waals surface area contributed by atoms with Crippen LogP contribution in [0.4, 0.5) is 0 Å². The van der Waals surface area contributed by atoms with Gasteiger partial charge in [-0.25, -0.2) is 0 Å². The second-order valence-corrected chi connectivity index (χ2v) is 1.52. The summed E-state index contributed by atoms with van der Waals surface area (Å²) in [7, 11) is 1.74. The maximum Gasteiger partial charge on any atom is 0.0277 e. The predicted octanol–water partition coefficient (Wildman–Crippen LogP) is 1.82. The van der Waals surface area contributed by atoms with Crippen LogP contribution in [-0.4, -0.2) is 13.3 Å². The van der Waals surface area contributed by atoms with E-state index >= 15 is 0 Å². The summed E-state index contributed by atoms with van der Waals surface area (Å²) in [5.41, 5.74) is 1.13. The molecular formula is C7H11N. The van der Waals surface area contributed by atoms with Gasteiger partial charge in [-0.2, -0.15) is 0 Å². The summed E-state index contributed by atoms with van der Waals surface area (Å²) in [5, 5.41) is 0. The number of hydrogen-bond donors (Lipinski definition) is 0. The van der Waals surface area contributed by atoms with Crippen LogP contribution in [0.1, 0.15) is 6.92 Å². The standard InChI is InChI=1S/C7H11N/c1-4-7(2)5-6-8-3/h4-6H,1H2,2-3H3/b7-5-,8-6+. The highest BCUT2D eigenvalue weighted by Crippen LogP contribution is 1.88. The Hall–Kier alpha value is -0.850. The molecule has 8 heavy (non-hydrogen) atoms. The molecule has 0 aromatic heterocycles. The van der Waals surface area contributed by atoms with E-state index in [9.17, 15) is 0 Å². The molecule has 0 rings (SSSR count). The van der Waals surface area contributed by atoms with Gasteiger partial charge in [-0.1, -0.05) is 18.2 Å². The lowest BCUT2D eigenvalue weighted by Crippen LogP contribution is -1.67. The molecule has 0 spiro atoms. The lowest BCUT2D eigenvalue weighted by molar-refractivity contribution is 1.46. The minimum absolute atomic E-state index is 1.13. The van der Waals surface area contributed by atoms with Gasteiger partial charge < -0.3 is 0 Å². The predicted molar refractivity (Wildman–Crippen MR) is 38.4 cm³/mol. The molecule has 0 N–H and O–H groups in total. The second-order valence-electron chi connectivity index (χ2n) is 1.52. The molecule has 0 saturated carbocycles. The lowest BCUT2D eigenvalue weighted by Gasteiger charge is -1.81. The van der Waals surface area contributed by atoms with Gasteiger partial charge in [-0.15, -0.1) is 0 Å². The van der Waals surface area contributed by atoms with Gasteiger partial charge in [0.25, 0.3) is 0 Å². The third-order valence-corrected chi connectivity index (χ3v) is 0.808. The highest BCUT2D eigenvalue weighted by molar-refractivity contribution is 5.72. The fraction of sp³-hybridized carbons (Fsp3) is 0.286. The Balaban J connectivity index is 3.74. The minimum Gasteiger partial charge on any atom is -0.297 e. The molecule has 0 atom stereocenters. The van der Waals surface area contributed by atoms with E-state index in [2.05, 4.69) is 11.6 Å². The number of aliphatic imine (C=N–C) groups is 1. The molecule has 0 aromatic carbocycles. The zero-order valence-corrected chi connectivity index (χ0v) is 5.39. The van der Waals surface area contributed by atoms with Crippen LogP contribution in [0.5, 0.6) is 0 Å². The number of hydrogen-bond acceptors (Lipinski definition) is 1. The van der Waals surface area contributed by atoms with E-state index in [1.165, 1.54) is 0 Å². The number of rotatable bonds is 2. The maximum atomic E-state index is 3.77. The van der Waals surface area contributed by atoms with Crippen molar-refractivity contribution < 1.29 is 0 Å². The molecular weight excluding hydrogens is 98.1 g/mol. The van der Waals surface area contributed by atoms with Gasteiger partial charge in [0, 0.05) is 13.3 Å². The van der Waals surface area contributed by atoms with Crippen LogP contribution in [0.15, 0.2) is 29.3 Å². The molecule has 44 valence electrons. The van der Waals surface area contributed by atoms with Crippen molar-refractivity contribution in [1.29, 1.82) is 0 Å². The van der Waals surface area contributed by atoms with Gasteiger partial charge >= 0.3 is 0 Å². The molecule has 0 aliphatic rings. The van der Waals surface area contributed by atoms with Crippen LogP contribution < -0.4 is 0 Å². The molecule has 0 aromatic rings. The van der Waals surface area contributed by atoms with E-state index in [4.69, 9.17) is 0 Å². The van der Waals surface area contributed by atoms with Crippen LogP contribution in [0.2, 0.25) is 0 Å². The average molecular weight is 109 g/mol. The molecule has 0 heterocycles. The normalized spacial score (nSPS) is 12.5. The van der Waals surface area contributed by atoms with Crippen molar-refractivity contribution in [3.8, 4) is 0 Å². The first kappa shape index (κ1) is 7.15. The fourth-order valence-corrected chi connectivity index (χ4v) is 0.260. The van der Waals surface area contributed by atoms with Crippen LogP contribution >= 0.6 is 0 Å². The van der Waals surface area contributed by atoms with E-state index < -0.39 is 0 Å². The maximum absolute atomic E-state index is 3.77. The average Bonchev–Trinajstić information content (AvgIpc) is 1.83. The number of allylic oxidation sites excluding steroid dienone is 3. The van der Waals surface area contributed by atoms with Crippen molar-refractivity contribution in [3.63, 3.8) is 0 Å². The summed E-state index contributed by atoms with van der Waals surface area (Å²) in [6, 6.07) is 0.